The van der Waals surface area contributed by atoms with Crippen LogP contribution in [-0.2, 0) is 4.79 Å². The summed E-state index contributed by atoms with van der Waals surface area (Å²) in [4.78, 5) is 12.5. The van der Waals surface area contributed by atoms with E-state index in [1.54, 1.807) is 30.6 Å². The van der Waals surface area contributed by atoms with Crippen LogP contribution in [0.1, 0.15) is 17.0 Å². The molecule has 0 radical (unpaired) electrons. The Morgan fingerprint density at radius 2 is 1.94 bits per heavy atom. The first-order valence-electron chi connectivity index (χ1n) is 9.64. The zero-order valence-corrected chi connectivity index (χ0v) is 18.2. The average Bonchev–Trinajstić information content (AvgIpc) is 3.38. The van der Waals surface area contributed by atoms with Gasteiger partial charge in [-0.2, -0.15) is 5.10 Å². The number of nitrogens with one attached hydrogen (secondary N) is 1. The minimum absolute atomic E-state index is 0.117. The quantitative estimate of drug-likeness (QED) is 0.457. The summed E-state index contributed by atoms with van der Waals surface area (Å²) in [5.74, 6) is 0.127. The first kappa shape index (κ1) is 20.8. The van der Waals surface area contributed by atoms with E-state index < -0.39 is 5.82 Å². The molecule has 31 heavy (non-hydrogen) atoms. The Hall–Kier alpha value is -3.46. The minimum Gasteiger partial charge on any atom is -0.325 e. The van der Waals surface area contributed by atoms with Crippen molar-refractivity contribution in [3.63, 3.8) is 0 Å². The third-order valence-electron chi connectivity index (χ3n) is 4.72. The second-order valence-corrected chi connectivity index (χ2v) is 8.05. The number of nitrogens with zero attached hydrogens (tertiary/aromatic N) is 5. The maximum Gasteiger partial charge on any atom is 0.234 e. The summed E-state index contributed by atoms with van der Waals surface area (Å²) in [5, 5.41) is 15.8. The molecule has 9 heteroatoms. The summed E-state index contributed by atoms with van der Waals surface area (Å²) in [7, 11) is 0. The number of thioether (sulfide) groups is 1. The van der Waals surface area contributed by atoms with Crippen LogP contribution >= 0.6 is 11.8 Å². The number of carbonyl (C=O) groups is 1. The summed E-state index contributed by atoms with van der Waals surface area (Å²) in [6.07, 6.45) is 3.23. The first-order chi connectivity index (χ1) is 14.9. The van der Waals surface area contributed by atoms with Gasteiger partial charge in [0.1, 0.15) is 11.5 Å². The molecule has 158 valence electrons. The number of halogens is 1. The number of anilines is 1. The number of rotatable bonds is 6. The Balaban J connectivity index is 1.45. The zero-order chi connectivity index (χ0) is 22.0. The third kappa shape index (κ3) is 4.51. The Labute approximate surface area is 183 Å². The topological polar surface area (TPSA) is 77.6 Å². The minimum atomic E-state index is -0.473. The van der Waals surface area contributed by atoms with Crippen LogP contribution in [0.5, 0.6) is 0 Å². The van der Waals surface area contributed by atoms with Gasteiger partial charge >= 0.3 is 0 Å². The molecule has 0 atom stereocenters. The first-order valence-corrected chi connectivity index (χ1v) is 10.6. The molecule has 1 amide bonds. The van der Waals surface area contributed by atoms with Crippen LogP contribution in [0.15, 0.2) is 60.0 Å². The number of hydrogen-bond donors (Lipinski definition) is 1. The highest BCUT2D eigenvalue weighted by molar-refractivity contribution is 7.99. The van der Waals surface area contributed by atoms with Crippen molar-refractivity contribution in [1.29, 1.82) is 0 Å². The number of hydrogen-bond acceptors (Lipinski definition) is 5. The van der Waals surface area contributed by atoms with E-state index in [1.807, 2.05) is 31.4 Å². The van der Waals surface area contributed by atoms with Gasteiger partial charge in [0.05, 0.1) is 11.4 Å². The summed E-state index contributed by atoms with van der Waals surface area (Å²) in [5.41, 5.74) is 3.90. The smallest absolute Gasteiger partial charge is 0.234 e. The maximum absolute atomic E-state index is 14.4. The Kier molecular flexibility index (Phi) is 5.85. The van der Waals surface area contributed by atoms with E-state index in [0.29, 0.717) is 16.5 Å². The fraction of sp³-hybridized carbons (Fsp3) is 0.182. The molecule has 1 N–H and O–H groups in total. The maximum atomic E-state index is 14.4. The molecular weight excluding hydrogens is 415 g/mol. The molecule has 0 spiro atoms. The molecule has 0 saturated carbocycles. The molecule has 0 unspecified atom stereocenters. The molecule has 0 saturated heterocycles. The van der Waals surface area contributed by atoms with Crippen molar-refractivity contribution in [2.45, 2.75) is 25.9 Å². The highest BCUT2D eigenvalue weighted by Crippen LogP contribution is 2.25. The summed E-state index contributed by atoms with van der Waals surface area (Å²) < 4.78 is 17.8. The van der Waals surface area contributed by atoms with Crippen LogP contribution < -0.4 is 5.32 Å². The van der Waals surface area contributed by atoms with Crippen LogP contribution in [0.2, 0.25) is 0 Å². The molecule has 0 aliphatic rings. The molecule has 0 aliphatic carbocycles. The molecule has 0 fully saturated rings. The van der Waals surface area contributed by atoms with Gasteiger partial charge in [-0.15, -0.1) is 10.2 Å². The normalized spacial score (nSPS) is 11.0. The Morgan fingerprint density at radius 1 is 1.10 bits per heavy atom. The number of amides is 1. The van der Waals surface area contributed by atoms with Gasteiger partial charge < -0.3 is 5.32 Å². The number of carbonyl (C=O) groups excluding carboxylic acids is 1. The molecule has 4 rings (SSSR count). The van der Waals surface area contributed by atoms with Crippen molar-refractivity contribution in [1.82, 2.24) is 24.5 Å². The average molecular weight is 437 g/mol. The fourth-order valence-corrected chi connectivity index (χ4v) is 3.97. The van der Waals surface area contributed by atoms with Gasteiger partial charge in [0.15, 0.2) is 11.0 Å². The largest absolute Gasteiger partial charge is 0.325 e. The van der Waals surface area contributed by atoms with Crippen molar-refractivity contribution in [3.8, 4) is 11.4 Å². The van der Waals surface area contributed by atoms with Crippen LogP contribution in [0.25, 0.3) is 11.4 Å². The molecule has 0 bridgehead atoms. The van der Waals surface area contributed by atoms with Crippen LogP contribution in [0.4, 0.5) is 10.1 Å². The van der Waals surface area contributed by atoms with Gasteiger partial charge in [0, 0.05) is 18.1 Å². The van der Waals surface area contributed by atoms with E-state index in [-0.39, 0.29) is 11.7 Å². The summed E-state index contributed by atoms with van der Waals surface area (Å²) in [6.45, 7) is 5.93. The van der Waals surface area contributed by atoms with Crippen molar-refractivity contribution in [3.05, 3.63) is 77.6 Å². The molecule has 2 aromatic heterocycles. The van der Waals surface area contributed by atoms with Crippen molar-refractivity contribution in [2.75, 3.05) is 11.1 Å². The number of aryl methyl sites for hydroxylation is 3. The van der Waals surface area contributed by atoms with E-state index in [4.69, 9.17) is 0 Å². The molecule has 2 aromatic carbocycles. The van der Waals surface area contributed by atoms with E-state index in [2.05, 4.69) is 32.7 Å². The summed E-state index contributed by atoms with van der Waals surface area (Å²) in [6, 6.07) is 12.4. The van der Waals surface area contributed by atoms with E-state index in [0.717, 1.165) is 22.6 Å². The van der Waals surface area contributed by atoms with E-state index >= 15 is 0 Å². The highest BCUT2D eigenvalue weighted by atomic mass is 32.2. The molecule has 2 heterocycles. The lowest BCUT2D eigenvalue weighted by Gasteiger charge is -2.12. The third-order valence-corrected chi connectivity index (χ3v) is 5.64. The lowest BCUT2D eigenvalue weighted by Crippen LogP contribution is -2.15. The molecule has 0 aliphatic heterocycles. The van der Waals surface area contributed by atoms with Gasteiger partial charge in [0.2, 0.25) is 5.91 Å². The lowest BCUT2D eigenvalue weighted by molar-refractivity contribution is -0.113. The van der Waals surface area contributed by atoms with Crippen molar-refractivity contribution >= 4 is 23.4 Å². The predicted molar refractivity (Wildman–Crippen MR) is 118 cm³/mol. The number of benzene rings is 2. The van der Waals surface area contributed by atoms with Gasteiger partial charge in [0.25, 0.3) is 0 Å². The Bertz CT molecular complexity index is 1240. The molecular formula is C22H21FN6OS. The predicted octanol–water partition coefficient (Wildman–Crippen LogP) is 4.25. The van der Waals surface area contributed by atoms with Crippen molar-refractivity contribution < 1.29 is 9.18 Å². The van der Waals surface area contributed by atoms with Crippen LogP contribution in [0, 0.1) is 26.6 Å². The van der Waals surface area contributed by atoms with E-state index in [1.165, 1.54) is 22.5 Å². The summed E-state index contributed by atoms with van der Waals surface area (Å²) >= 11 is 1.28. The Morgan fingerprint density at radius 3 is 2.68 bits per heavy atom. The van der Waals surface area contributed by atoms with Crippen molar-refractivity contribution in [2.24, 2.45) is 0 Å². The van der Waals surface area contributed by atoms with Crippen LogP contribution in [0.3, 0.4) is 0 Å². The molecule has 7 nitrogen and oxygen atoms in total. The highest BCUT2D eigenvalue weighted by Gasteiger charge is 2.15. The second kappa shape index (κ2) is 8.73. The van der Waals surface area contributed by atoms with E-state index in [9.17, 15) is 9.18 Å². The standard InChI is InChI=1S/C22H21FN6OS/c1-14-5-6-15(2)20(11-14)29-16(3)26-27-22(29)31-13-21(30)25-17-7-8-19(18(23)12-17)28-10-4-9-24-28/h4-12H,13H2,1-3H3,(H,25,30). The monoisotopic (exact) mass is 436 g/mol. The fourth-order valence-electron chi connectivity index (χ4n) is 3.18. The van der Waals surface area contributed by atoms with Gasteiger partial charge in [-0.1, -0.05) is 23.9 Å². The SMILES string of the molecule is Cc1ccc(C)c(-n2c(C)nnc2SCC(=O)Nc2ccc(-n3cccn3)c(F)c2)c1. The van der Waals surface area contributed by atoms with Gasteiger partial charge in [-0.25, -0.2) is 9.07 Å². The second-order valence-electron chi connectivity index (χ2n) is 7.11. The number of aromatic nitrogens is 5. The zero-order valence-electron chi connectivity index (χ0n) is 17.3. The van der Waals surface area contributed by atoms with Crippen LogP contribution in [-0.4, -0.2) is 36.2 Å². The van der Waals surface area contributed by atoms with Gasteiger partial charge in [-0.3, -0.25) is 9.36 Å². The molecule has 4 aromatic rings. The van der Waals surface area contributed by atoms with Gasteiger partial charge in [-0.05, 0) is 62.2 Å². The lowest BCUT2D eigenvalue weighted by atomic mass is 10.1.